The van der Waals surface area contributed by atoms with E-state index in [9.17, 15) is 4.79 Å². The predicted molar refractivity (Wildman–Crippen MR) is 62.6 cm³/mol. The van der Waals surface area contributed by atoms with Crippen LogP contribution in [0.4, 0.5) is 0 Å². The van der Waals surface area contributed by atoms with Crippen molar-refractivity contribution in [1.29, 1.82) is 0 Å². The standard InChI is InChI=1S/C11H17ClN2O2/c1-6(7(2)11(15)16)5-9-8(3)13-14(4)10(9)12/h6-7H,5H2,1-4H3,(H,15,16). The molecule has 1 aromatic heterocycles. The smallest absolute Gasteiger partial charge is 0.306 e. The number of aromatic nitrogens is 2. The topological polar surface area (TPSA) is 55.1 Å². The van der Waals surface area contributed by atoms with Crippen LogP contribution in [0.1, 0.15) is 25.1 Å². The molecule has 0 bridgehead atoms. The Labute approximate surface area is 100 Å². The summed E-state index contributed by atoms with van der Waals surface area (Å²) in [6.45, 7) is 5.52. The molecule has 0 aliphatic carbocycles. The molecule has 2 atom stereocenters. The van der Waals surface area contributed by atoms with Crippen molar-refractivity contribution in [3.63, 3.8) is 0 Å². The van der Waals surface area contributed by atoms with Gasteiger partial charge in [0, 0.05) is 12.6 Å². The minimum atomic E-state index is -0.773. The Morgan fingerprint density at radius 3 is 2.50 bits per heavy atom. The third-order valence-electron chi connectivity index (χ3n) is 3.04. The van der Waals surface area contributed by atoms with Crippen LogP contribution < -0.4 is 0 Å². The maximum Gasteiger partial charge on any atom is 0.306 e. The zero-order valence-corrected chi connectivity index (χ0v) is 10.7. The lowest BCUT2D eigenvalue weighted by molar-refractivity contribution is -0.142. The van der Waals surface area contributed by atoms with Crippen molar-refractivity contribution in [3.8, 4) is 0 Å². The maximum atomic E-state index is 10.9. The molecule has 1 aromatic rings. The molecule has 0 aliphatic heterocycles. The highest BCUT2D eigenvalue weighted by Gasteiger charge is 2.22. The number of nitrogens with zero attached hydrogens (tertiary/aromatic N) is 2. The van der Waals surface area contributed by atoms with Crippen LogP contribution in [0, 0.1) is 18.8 Å². The van der Waals surface area contributed by atoms with Crippen molar-refractivity contribution in [3.05, 3.63) is 16.4 Å². The highest BCUT2D eigenvalue weighted by molar-refractivity contribution is 6.30. The van der Waals surface area contributed by atoms with E-state index in [2.05, 4.69) is 5.10 Å². The summed E-state index contributed by atoms with van der Waals surface area (Å²) < 4.78 is 1.62. The van der Waals surface area contributed by atoms with E-state index in [-0.39, 0.29) is 11.8 Å². The molecule has 4 nitrogen and oxygen atoms in total. The van der Waals surface area contributed by atoms with Gasteiger partial charge in [-0.25, -0.2) is 0 Å². The molecule has 0 amide bonds. The molecule has 2 unspecified atom stereocenters. The summed E-state index contributed by atoms with van der Waals surface area (Å²) in [6.07, 6.45) is 0.645. The van der Waals surface area contributed by atoms with Crippen LogP contribution >= 0.6 is 11.6 Å². The van der Waals surface area contributed by atoms with Crippen LogP contribution in [0.3, 0.4) is 0 Å². The summed E-state index contributed by atoms with van der Waals surface area (Å²) in [5, 5.41) is 13.7. The van der Waals surface area contributed by atoms with Crippen LogP contribution in [0.25, 0.3) is 0 Å². The van der Waals surface area contributed by atoms with E-state index in [4.69, 9.17) is 16.7 Å². The van der Waals surface area contributed by atoms with Gasteiger partial charge in [-0.1, -0.05) is 25.4 Å². The van der Waals surface area contributed by atoms with Gasteiger partial charge in [-0.2, -0.15) is 5.10 Å². The number of carbonyl (C=O) groups is 1. The zero-order valence-electron chi connectivity index (χ0n) is 9.99. The molecule has 0 aliphatic rings. The Kier molecular flexibility index (Phi) is 3.97. The van der Waals surface area contributed by atoms with Crippen molar-refractivity contribution in [2.75, 3.05) is 0 Å². The van der Waals surface area contributed by atoms with Crippen molar-refractivity contribution in [2.45, 2.75) is 27.2 Å². The fourth-order valence-electron chi connectivity index (χ4n) is 1.65. The minimum absolute atomic E-state index is 0.0397. The molecule has 90 valence electrons. The van der Waals surface area contributed by atoms with Crippen molar-refractivity contribution in [1.82, 2.24) is 9.78 Å². The van der Waals surface area contributed by atoms with E-state index in [0.717, 1.165) is 11.3 Å². The number of hydrogen-bond acceptors (Lipinski definition) is 2. The third-order valence-corrected chi connectivity index (χ3v) is 3.51. The summed E-state index contributed by atoms with van der Waals surface area (Å²) in [6, 6.07) is 0. The van der Waals surface area contributed by atoms with Gasteiger partial charge in [-0.05, 0) is 19.3 Å². The van der Waals surface area contributed by atoms with E-state index >= 15 is 0 Å². The fraction of sp³-hybridized carbons (Fsp3) is 0.636. The van der Waals surface area contributed by atoms with Gasteiger partial charge >= 0.3 is 5.97 Å². The fourth-order valence-corrected chi connectivity index (χ4v) is 1.90. The number of carboxylic acids is 1. The van der Waals surface area contributed by atoms with Crippen LogP contribution in [-0.4, -0.2) is 20.9 Å². The second-order valence-electron chi connectivity index (χ2n) is 4.29. The average molecular weight is 245 g/mol. The molecule has 0 aromatic carbocycles. The Morgan fingerprint density at radius 1 is 1.56 bits per heavy atom. The second kappa shape index (κ2) is 4.87. The first kappa shape index (κ1) is 13.0. The SMILES string of the molecule is Cc1nn(C)c(Cl)c1CC(C)C(C)C(=O)O. The first-order chi connectivity index (χ1) is 7.34. The van der Waals surface area contributed by atoms with Gasteiger partial charge in [0.2, 0.25) is 0 Å². The van der Waals surface area contributed by atoms with Crippen molar-refractivity contribution >= 4 is 17.6 Å². The summed E-state index contributed by atoms with van der Waals surface area (Å²) in [7, 11) is 1.78. The molecule has 0 fully saturated rings. The monoisotopic (exact) mass is 244 g/mol. The van der Waals surface area contributed by atoms with E-state index in [1.165, 1.54) is 0 Å². The minimum Gasteiger partial charge on any atom is -0.481 e. The summed E-state index contributed by atoms with van der Waals surface area (Å²) >= 11 is 6.10. The Bertz CT molecular complexity index is 401. The van der Waals surface area contributed by atoms with Gasteiger partial charge in [0.1, 0.15) is 5.15 Å². The number of carboxylic acid groups (broad SMARTS) is 1. The molecule has 1 heterocycles. The molecule has 0 saturated heterocycles. The van der Waals surface area contributed by atoms with Gasteiger partial charge in [0.05, 0.1) is 11.6 Å². The van der Waals surface area contributed by atoms with Crippen LogP contribution in [0.15, 0.2) is 0 Å². The zero-order chi connectivity index (χ0) is 12.5. The van der Waals surface area contributed by atoms with Gasteiger partial charge < -0.3 is 5.11 Å². The molecule has 0 saturated carbocycles. The van der Waals surface area contributed by atoms with E-state index < -0.39 is 5.97 Å². The Hall–Kier alpha value is -1.03. The van der Waals surface area contributed by atoms with Gasteiger partial charge in [0.15, 0.2) is 0 Å². The number of aryl methyl sites for hydroxylation is 2. The largest absolute Gasteiger partial charge is 0.481 e. The normalized spacial score (nSPS) is 14.8. The lowest BCUT2D eigenvalue weighted by Gasteiger charge is -2.15. The van der Waals surface area contributed by atoms with Crippen LogP contribution in [-0.2, 0) is 18.3 Å². The molecular weight excluding hydrogens is 228 g/mol. The lowest BCUT2D eigenvalue weighted by Crippen LogP contribution is -2.20. The summed E-state index contributed by atoms with van der Waals surface area (Å²) in [5.74, 6) is -1.11. The molecule has 16 heavy (non-hydrogen) atoms. The van der Waals surface area contributed by atoms with E-state index in [1.807, 2.05) is 13.8 Å². The van der Waals surface area contributed by atoms with Crippen molar-refractivity contribution < 1.29 is 9.90 Å². The highest BCUT2D eigenvalue weighted by atomic mass is 35.5. The average Bonchev–Trinajstić information content (AvgIpc) is 2.43. The van der Waals surface area contributed by atoms with Gasteiger partial charge in [-0.3, -0.25) is 9.48 Å². The summed E-state index contributed by atoms with van der Waals surface area (Å²) in [5.41, 5.74) is 1.82. The van der Waals surface area contributed by atoms with E-state index in [0.29, 0.717) is 11.6 Å². The van der Waals surface area contributed by atoms with Crippen LogP contribution in [0.5, 0.6) is 0 Å². The molecular formula is C11H17ClN2O2. The first-order valence-corrected chi connectivity index (χ1v) is 5.63. The molecule has 1 N–H and O–H groups in total. The number of aliphatic carboxylic acids is 1. The summed E-state index contributed by atoms with van der Waals surface area (Å²) in [4.78, 5) is 10.9. The first-order valence-electron chi connectivity index (χ1n) is 5.25. The maximum absolute atomic E-state index is 10.9. The third kappa shape index (κ3) is 2.55. The predicted octanol–water partition coefficient (Wildman–Crippen LogP) is 2.28. The Morgan fingerprint density at radius 2 is 2.12 bits per heavy atom. The number of rotatable bonds is 4. The number of hydrogen-bond donors (Lipinski definition) is 1. The molecule has 5 heteroatoms. The second-order valence-corrected chi connectivity index (χ2v) is 4.64. The lowest BCUT2D eigenvalue weighted by atomic mass is 9.90. The Balaban J connectivity index is 2.84. The molecule has 1 rings (SSSR count). The quantitative estimate of drug-likeness (QED) is 0.884. The number of halogens is 1. The van der Waals surface area contributed by atoms with Gasteiger partial charge in [-0.15, -0.1) is 0 Å². The highest BCUT2D eigenvalue weighted by Crippen LogP contribution is 2.25. The molecule has 0 radical (unpaired) electrons. The van der Waals surface area contributed by atoms with Crippen molar-refractivity contribution in [2.24, 2.45) is 18.9 Å². The van der Waals surface area contributed by atoms with Crippen LogP contribution in [0.2, 0.25) is 5.15 Å². The molecule has 0 spiro atoms. The van der Waals surface area contributed by atoms with Gasteiger partial charge in [0.25, 0.3) is 0 Å². The van der Waals surface area contributed by atoms with E-state index in [1.54, 1.807) is 18.7 Å².